The molecule has 200 valence electrons. The normalized spacial score (nSPS) is 25.6. The maximum absolute atomic E-state index is 14.8. The summed E-state index contributed by atoms with van der Waals surface area (Å²) < 4.78 is 31.3. The minimum Gasteiger partial charge on any atom is -0.393 e. The molecule has 2 saturated carbocycles. The fourth-order valence-electron chi connectivity index (χ4n) is 5.49. The number of benzene rings is 1. The lowest BCUT2D eigenvalue weighted by Crippen LogP contribution is -2.38. The number of nitriles is 1. The smallest absolute Gasteiger partial charge is 0.224 e. The number of amides is 1. The van der Waals surface area contributed by atoms with Gasteiger partial charge in [-0.25, -0.2) is 18.7 Å². The zero-order valence-electron chi connectivity index (χ0n) is 21.0. The molecular weight excluding hydrogens is 494 g/mol. The number of aliphatic hydroxyl groups excluding tert-OH is 1. The summed E-state index contributed by atoms with van der Waals surface area (Å²) in [7, 11) is 0. The monoisotopic (exact) mass is 524 g/mol. The second-order valence-electron chi connectivity index (χ2n) is 10.6. The summed E-state index contributed by atoms with van der Waals surface area (Å²) in [6.07, 6.45) is 6.58. The third-order valence-electron chi connectivity index (χ3n) is 7.84. The average Bonchev–Trinajstić information content (AvgIpc) is 3.23. The van der Waals surface area contributed by atoms with Crippen molar-refractivity contribution in [3.63, 3.8) is 0 Å². The van der Waals surface area contributed by atoms with Gasteiger partial charge in [0.05, 0.1) is 23.9 Å². The number of aliphatic hydroxyl groups is 1. The molecule has 2 aromatic heterocycles. The van der Waals surface area contributed by atoms with Crippen LogP contribution in [0.2, 0.25) is 0 Å². The number of anilines is 3. The molecule has 1 aromatic carbocycles. The van der Waals surface area contributed by atoms with Crippen LogP contribution in [0.4, 0.5) is 26.4 Å². The van der Waals surface area contributed by atoms with Gasteiger partial charge in [-0.05, 0) is 63.5 Å². The largest absolute Gasteiger partial charge is 0.393 e. The number of nitrogens with one attached hydrogen (secondary N) is 2. The molecule has 0 aliphatic heterocycles. The standard InChI is InChI=1S/C26H30F2N8O2/c1-26(23(30)38)7-5-16(6-8-26)36-22-20(13-31-24(35-22)32-15-3-2-4-17(37)11-15)33-25(36)34-21-18(27)9-14(12-29)10-19(21)28/h9-10,13,15-17,37H,2-8,11H2,1H3,(H2,30,38)(H,33,34)(H,31,32,35)/t15?,16?,17-,26?/m1/s1. The van der Waals surface area contributed by atoms with Crippen LogP contribution in [-0.4, -0.2) is 42.7 Å². The third-order valence-corrected chi connectivity index (χ3v) is 7.84. The van der Waals surface area contributed by atoms with Crippen molar-refractivity contribution in [3.05, 3.63) is 35.5 Å². The van der Waals surface area contributed by atoms with Crippen molar-refractivity contribution < 1.29 is 18.7 Å². The molecule has 0 spiro atoms. The number of rotatable bonds is 6. The number of aromatic nitrogens is 4. The summed E-state index contributed by atoms with van der Waals surface area (Å²) in [4.78, 5) is 25.7. The molecular formula is C26H30F2N8O2. The van der Waals surface area contributed by atoms with E-state index in [9.17, 15) is 18.7 Å². The van der Waals surface area contributed by atoms with Crippen molar-refractivity contribution in [2.75, 3.05) is 10.6 Å². The molecule has 3 aromatic rings. The molecule has 5 rings (SSSR count). The van der Waals surface area contributed by atoms with Crippen LogP contribution < -0.4 is 16.4 Å². The Kier molecular flexibility index (Phi) is 6.88. The van der Waals surface area contributed by atoms with Gasteiger partial charge in [0.15, 0.2) is 17.3 Å². The van der Waals surface area contributed by atoms with Gasteiger partial charge < -0.3 is 21.5 Å². The van der Waals surface area contributed by atoms with Gasteiger partial charge in [-0.15, -0.1) is 0 Å². The first-order chi connectivity index (χ1) is 18.2. The van der Waals surface area contributed by atoms with Crippen molar-refractivity contribution in [1.82, 2.24) is 19.5 Å². The van der Waals surface area contributed by atoms with E-state index in [0.29, 0.717) is 49.2 Å². The van der Waals surface area contributed by atoms with Gasteiger partial charge in [0.1, 0.15) is 11.2 Å². The maximum Gasteiger partial charge on any atom is 0.224 e. The van der Waals surface area contributed by atoms with Gasteiger partial charge in [-0.1, -0.05) is 6.92 Å². The molecule has 10 nitrogen and oxygen atoms in total. The third kappa shape index (κ3) is 4.98. The van der Waals surface area contributed by atoms with Crippen LogP contribution in [0.15, 0.2) is 18.3 Å². The summed E-state index contributed by atoms with van der Waals surface area (Å²) in [5.41, 5.74) is 5.35. The molecule has 1 unspecified atom stereocenters. The van der Waals surface area contributed by atoms with Crippen LogP contribution in [0, 0.1) is 28.4 Å². The number of imidazole rings is 1. The first kappa shape index (κ1) is 25.8. The predicted octanol–water partition coefficient (Wildman–Crippen LogP) is 4.04. The summed E-state index contributed by atoms with van der Waals surface area (Å²) >= 11 is 0. The molecule has 2 aliphatic rings. The number of primary amides is 1. The van der Waals surface area contributed by atoms with Crippen LogP contribution in [0.5, 0.6) is 0 Å². The van der Waals surface area contributed by atoms with Gasteiger partial charge >= 0.3 is 0 Å². The van der Waals surface area contributed by atoms with Gasteiger partial charge in [-0.3, -0.25) is 9.36 Å². The lowest BCUT2D eigenvalue weighted by molar-refractivity contribution is -0.128. The molecule has 2 aliphatic carbocycles. The molecule has 12 heteroatoms. The number of carbonyl (C=O) groups is 1. The van der Waals surface area contributed by atoms with E-state index in [4.69, 9.17) is 16.0 Å². The van der Waals surface area contributed by atoms with E-state index in [1.165, 1.54) is 0 Å². The van der Waals surface area contributed by atoms with E-state index in [1.807, 2.05) is 6.92 Å². The van der Waals surface area contributed by atoms with E-state index < -0.39 is 22.7 Å². The summed E-state index contributed by atoms with van der Waals surface area (Å²) in [6, 6.07) is 3.51. The highest BCUT2D eigenvalue weighted by atomic mass is 19.1. The van der Waals surface area contributed by atoms with Crippen molar-refractivity contribution in [1.29, 1.82) is 5.26 Å². The van der Waals surface area contributed by atoms with E-state index >= 15 is 0 Å². The van der Waals surface area contributed by atoms with E-state index in [1.54, 1.807) is 16.8 Å². The van der Waals surface area contributed by atoms with E-state index in [2.05, 4.69) is 20.6 Å². The van der Waals surface area contributed by atoms with Crippen molar-refractivity contribution >= 4 is 34.7 Å². The zero-order valence-corrected chi connectivity index (χ0v) is 21.0. The Labute approximate surface area is 218 Å². The Morgan fingerprint density at radius 2 is 1.92 bits per heavy atom. The van der Waals surface area contributed by atoms with Crippen LogP contribution in [0.1, 0.15) is 69.9 Å². The molecule has 2 heterocycles. The summed E-state index contributed by atoms with van der Waals surface area (Å²) in [5.74, 6) is -1.65. The SMILES string of the molecule is CC1(C(N)=O)CCC(n2c(Nc3c(F)cc(C#N)cc3F)nc3cnc(NC4CCC[C@@H](O)C4)nc32)CC1. The van der Waals surface area contributed by atoms with Crippen LogP contribution >= 0.6 is 0 Å². The second-order valence-corrected chi connectivity index (χ2v) is 10.6. The maximum atomic E-state index is 14.8. The number of nitrogens with zero attached hydrogens (tertiary/aromatic N) is 5. The lowest BCUT2D eigenvalue weighted by atomic mass is 9.73. The Morgan fingerprint density at radius 3 is 2.55 bits per heavy atom. The topological polar surface area (TPSA) is 155 Å². The van der Waals surface area contributed by atoms with Gasteiger partial charge in [0, 0.05) is 17.5 Å². The van der Waals surface area contributed by atoms with Gasteiger partial charge in [-0.2, -0.15) is 10.2 Å². The molecule has 0 bridgehead atoms. The van der Waals surface area contributed by atoms with Gasteiger partial charge in [0.25, 0.3) is 0 Å². The van der Waals surface area contributed by atoms with Crippen LogP contribution in [0.25, 0.3) is 11.2 Å². The zero-order chi connectivity index (χ0) is 27.0. The fraction of sp³-hybridized carbons (Fsp3) is 0.500. The average molecular weight is 525 g/mol. The van der Waals surface area contributed by atoms with Gasteiger partial charge in [0.2, 0.25) is 17.8 Å². The quantitative estimate of drug-likeness (QED) is 0.377. The number of hydrogen-bond acceptors (Lipinski definition) is 8. The van der Waals surface area contributed by atoms with Crippen LogP contribution in [-0.2, 0) is 4.79 Å². The number of nitrogens with two attached hydrogens (primary N) is 1. The van der Waals surface area contributed by atoms with Crippen LogP contribution in [0.3, 0.4) is 0 Å². The Bertz CT molecular complexity index is 1390. The van der Waals surface area contributed by atoms with Crippen molar-refractivity contribution in [3.8, 4) is 6.07 Å². The fourth-order valence-corrected chi connectivity index (χ4v) is 5.49. The lowest BCUT2D eigenvalue weighted by Gasteiger charge is -2.35. The summed E-state index contributed by atoms with van der Waals surface area (Å²) in [5, 5.41) is 25.1. The van der Waals surface area contributed by atoms with E-state index in [-0.39, 0.29) is 35.6 Å². The van der Waals surface area contributed by atoms with Crippen molar-refractivity contribution in [2.24, 2.45) is 11.1 Å². The molecule has 0 saturated heterocycles. The summed E-state index contributed by atoms with van der Waals surface area (Å²) in [6.45, 7) is 1.85. The molecule has 0 radical (unpaired) electrons. The number of carbonyl (C=O) groups excluding carboxylic acids is 1. The minimum atomic E-state index is -0.922. The predicted molar refractivity (Wildman–Crippen MR) is 136 cm³/mol. The molecule has 2 atom stereocenters. The Balaban J connectivity index is 1.53. The van der Waals surface area contributed by atoms with Crippen molar-refractivity contribution in [2.45, 2.75) is 76.5 Å². The Hall–Kier alpha value is -3.85. The number of halogens is 2. The number of hydrogen-bond donors (Lipinski definition) is 4. The molecule has 38 heavy (non-hydrogen) atoms. The number of fused-ring (bicyclic) bond motifs is 1. The second kappa shape index (κ2) is 10.1. The highest BCUT2D eigenvalue weighted by molar-refractivity contribution is 5.80. The molecule has 2 fully saturated rings. The molecule has 1 amide bonds. The first-order valence-electron chi connectivity index (χ1n) is 12.8. The van der Waals surface area contributed by atoms with E-state index in [0.717, 1.165) is 31.4 Å². The Morgan fingerprint density at radius 1 is 1.21 bits per heavy atom. The highest BCUT2D eigenvalue weighted by Gasteiger charge is 2.38. The molecule has 5 N–H and O–H groups in total. The highest BCUT2D eigenvalue weighted by Crippen LogP contribution is 2.43. The first-order valence-corrected chi connectivity index (χ1v) is 12.8. The minimum absolute atomic E-state index is 0.0259.